The van der Waals surface area contributed by atoms with Crippen molar-refractivity contribution in [2.75, 3.05) is 26.9 Å². The Bertz CT molecular complexity index is 521. The summed E-state index contributed by atoms with van der Waals surface area (Å²) in [5.41, 5.74) is 1.56. The Hall–Kier alpha value is -1.91. The van der Waals surface area contributed by atoms with E-state index in [-0.39, 0.29) is 0 Å². The van der Waals surface area contributed by atoms with Crippen molar-refractivity contribution in [2.24, 2.45) is 10.4 Å². The van der Waals surface area contributed by atoms with Gasteiger partial charge < -0.3 is 20.1 Å². The number of rotatable bonds is 5. The summed E-state index contributed by atoms with van der Waals surface area (Å²) in [5.74, 6) is 2.52. The largest absolute Gasteiger partial charge is 0.454 e. The van der Waals surface area contributed by atoms with Crippen LogP contribution in [0.15, 0.2) is 23.2 Å². The van der Waals surface area contributed by atoms with Crippen molar-refractivity contribution in [3.8, 4) is 11.5 Å². The molecule has 0 bridgehead atoms. The zero-order valence-corrected chi connectivity index (χ0v) is 14.0. The number of guanidine groups is 1. The summed E-state index contributed by atoms with van der Waals surface area (Å²) in [6.07, 6.45) is 2.02. The van der Waals surface area contributed by atoms with Gasteiger partial charge in [0, 0.05) is 20.1 Å². The SMILES string of the molecule is CN=C(NCCc1ccc2c(c1)OCO2)NCCC(C)(C)C. The highest BCUT2D eigenvalue weighted by atomic mass is 16.7. The second-order valence-electron chi connectivity index (χ2n) is 6.67. The molecule has 0 aliphatic carbocycles. The summed E-state index contributed by atoms with van der Waals surface area (Å²) >= 11 is 0. The molecule has 0 saturated heterocycles. The Kier molecular flexibility index (Phi) is 5.52. The van der Waals surface area contributed by atoms with E-state index in [4.69, 9.17) is 9.47 Å². The molecular weight excluding hydrogens is 278 g/mol. The van der Waals surface area contributed by atoms with E-state index in [1.807, 2.05) is 12.1 Å². The van der Waals surface area contributed by atoms with E-state index in [1.165, 1.54) is 5.56 Å². The average Bonchev–Trinajstić information content (AvgIpc) is 2.92. The summed E-state index contributed by atoms with van der Waals surface area (Å²) < 4.78 is 10.7. The van der Waals surface area contributed by atoms with Crippen LogP contribution in [0.3, 0.4) is 0 Å². The number of nitrogens with one attached hydrogen (secondary N) is 2. The van der Waals surface area contributed by atoms with Crippen molar-refractivity contribution < 1.29 is 9.47 Å². The van der Waals surface area contributed by atoms with Crippen molar-refractivity contribution >= 4 is 5.96 Å². The normalized spacial score (nSPS) is 14.1. The maximum Gasteiger partial charge on any atom is 0.231 e. The van der Waals surface area contributed by atoms with Gasteiger partial charge in [-0.3, -0.25) is 4.99 Å². The lowest BCUT2D eigenvalue weighted by molar-refractivity contribution is 0.174. The number of ether oxygens (including phenoxy) is 2. The predicted molar refractivity (Wildman–Crippen MR) is 89.7 cm³/mol. The molecule has 0 unspecified atom stereocenters. The zero-order chi connectivity index (χ0) is 16.0. The number of hydrogen-bond acceptors (Lipinski definition) is 3. The Morgan fingerprint density at radius 3 is 2.59 bits per heavy atom. The number of fused-ring (bicyclic) bond motifs is 1. The predicted octanol–water partition coefficient (Wildman–Crippen LogP) is 2.56. The van der Waals surface area contributed by atoms with Gasteiger partial charge in [-0.25, -0.2) is 0 Å². The molecule has 0 amide bonds. The van der Waals surface area contributed by atoms with Crippen LogP contribution in [0.4, 0.5) is 0 Å². The molecule has 1 aliphatic heterocycles. The van der Waals surface area contributed by atoms with Gasteiger partial charge in [-0.2, -0.15) is 0 Å². The molecule has 1 heterocycles. The monoisotopic (exact) mass is 305 g/mol. The van der Waals surface area contributed by atoms with E-state index < -0.39 is 0 Å². The van der Waals surface area contributed by atoms with E-state index in [9.17, 15) is 0 Å². The van der Waals surface area contributed by atoms with Crippen molar-refractivity contribution in [1.29, 1.82) is 0 Å². The van der Waals surface area contributed by atoms with Crippen molar-refractivity contribution in [2.45, 2.75) is 33.6 Å². The number of benzene rings is 1. The summed E-state index contributed by atoms with van der Waals surface area (Å²) in [6, 6.07) is 6.08. The lowest BCUT2D eigenvalue weighted by Gasteiger charge is -2.19. The zero-order valence-electron chi connectivity index (χ0n) is 14.0. The van der Waals surface area contributed by atoms with Gasteiger partial charge >= 0.3 is 0 Å². The summed E-state index contributed by atoms with van der Waals surface area (Å²) in [4.78, 5) is 4.25. The van der Waals surface area contributed by atoms with Crippen molar-refractivity contribution in [1.82, 2.24) is 10.6 Å². The molecule has 122 valence electrons. The van der Waals surface area contributed by atoms with E-state index >= 15 is 0 Å². The quantitative estimate of drug-likeness (QED) is 0.648. The second kappa shape index (κ2) is 7.38. The molecule has 2 rings (SSSR count). The van der Waals surface area contributed by atoms with Crippen LogP contribution < -0.4 is 20.1 Å². The van der Waals surface area contributed by atoms with Crippen LogP contribution in [-0.2, 0) is 6.42 Å². The van der Waals surface area contributed by atoms with Gasteiger partial charge in [0.2, 0.25) is 6.79 Å². The maximum absolute atomic E-state index is 5.39. The minimum absolute atomic E-state index is 0.321. The second-order valence-corrected chi connectivity index (χ2v) is 6.67. The van der Waals surface area contributed by atoms with Gasteiger partial charge in [0.15, 0.2) is 17.5 Å². The van der Waals surface area contributed by atoms with Gasteiger partial charge in [0.1, 0.15) is 0 Å². The fourth-order valence-electron chi connectivity index (χ4n) is 2.20. The summed E-state index contributed by atoms with van der Waals surface area (Å²) in [7, 11) is 1.80. The first-order valence-corrected chi connectivity index (χ1v) is 7.81. The van der Waals surface area contributed by atoms with E-state index in [2.05, 4.69) is 42.5 Å². The Labute approximate surface area is 133 Å². The topological polar surface area (TPSA) is 54.9 Å². The van der Waals surface area contributed by atoms with Crippen LogP contribution in [0.2, 0.25) is 0 Å². The number of nitrogens with zero attached hydrogens (tertiary/aromatic N) is 1. The number of aliphatic imine (C=N–C) groups is 1. The minimum atomic E-state index is 0.321. The minimum Gasteiger partial charge on any atom is -0.454 e. The van der Waals surface area contributed by atoms with Gasteiger partial charge in [0.25, 0.3) is 0 Å². The van der Waals surface area contributed by atoms with Crippen LogP contribution >= 0.6 is 0 Å². The van der Waals surface area contributed by atoms with Gasteiger partial charge in [-0.1, -0.05) is 26.8 Å². The lowest BCUT2D eigenvalue weighted by atomic mass is 9.92. The third-order valence-electron chi connectivity index (χ3n) is 3.53. The molecule has 1 aromatic rings. The highest BCUT2D eigenvalue weighted by Gasteiger charge is 2.13. The molecule has 1 aliphatic rings. The molecule has 0 saturated carbocycles. The molecule has 5 heteroatoms. The smallest absolute Gasteiger partial charge is 0.231 e. The van der Waals surface area contributed by atoms with Crippen LogP contribution in [0.25, 0.3) is 0 Å². The summed E-state index contributed by atoms with van der Waals surface area (Å²) in [5, 5.41) is 6.69. The first-order chi connectivity index (χ1) is 10.5. The third kappa shape index (κ3) is 5.13. The van der Waals surface area contributed by atoms with Crippen molar-refractivity contribution in [3.63, 3.8) is 0 Å². The first-order valence-electron chi connectivity index (χ1n) is 7.81. The molecular formula is C17H27N3O2. The fraction of sp³-hybridized carbons (Fsp3) is 0.588. The van der Waals surface area contributed by atoms with Gasteiger partial charge in [0.05, 0.1) is 0 Å². The van der Waals surface area contributed by atoms with Crippen LogP contribution in [0, 0.1) is 5.41 Å². The molecule has 1 aromatic carbocycles. The molecule has 0 aromatic heterocycles. The number of hydrogen-bond donors (Lipinski definition) is 2. The Morgan fingerprint density at radius 1 is 1.14 bits per heavy atom. The fourth-order valence-corrected chi connectivity index (χ4v) is 2.20. The van der Waals surface area contributed by atoms with Gasteiger partial charge in [-0.15, -0.1) is 0 Å². The van der Waals surface area contributed by atoms with Crippen LogP contribution in [0.5, 0.6) is 11.5 Å². The van der Waals surface area contributed by atoms with E-state index in [0.29, 0.717) is 12.2 Å². The molecule has 0 radical (unpaired) electrons. The standard InChI is InChI=1S/C17H27N3O2/c1-17(2,3)8-10-20-16(18-4)19-9-7-13-5-6-14-15(11-13)22-12-21-14/h5-6,11H,7-10,12H2,1-4H3,(H2,18,19,20). The molecule has 5 nitrogen and oxygen atoms in total. The average molecular weight is 305 g/mol. The molecule has 0 fully saturated rings. The van der Waals surface area contributed by atoms with E-state index in [1.54, 1.807) is 7.05 Å². The van der Waals surface area contributed by atoms with Crippen molar-refractivity contribution in [3.05, 3.63) is 23.8 Å². The lowest BCUT2D eigenvalue weighted by Crippen LogP contribution is -2.39. The Balaban J connectivity index is 1.72. The third-order valence-corrected chi connectivity index (χ3v) is 3.53. The molecule has 0 spiro atoms. The highest BCUT2D eigenvalue weighted by molar-refractivity contribution is 5.79. The highest BCUT2D eigenvalue weighted by Crippen LogP contribution is 2.32. The van der Waals surface area contributed by atoms with E-state index in [0.717, 1.165) is 43.4 Å². The van der Waals surface area contributed by atoms with Crippen LogP contribution in [0.1, 0.15) is 32.8 Å². The Morgan fingerprint density at radius 2 is 1.86 bits per heavy atom. The molecule has 2 N–H and O–H groups in total. The maximum atomic E-state index is 5.39. The molecule has 22 heavy (non-hydrogen) atoms. The summed E-state index contributed by atoms with van der Waals surface area (Å²) in [6.45, 7) is 8.79. The van der Waals surface area contributed by atoms with Crippen LogP contribution in [-0.4, -0.2) is 32.9 Å². The first kappa shape index (κ1) is 16.5. The van der Waals surface area contributed by atoms with Gasteiger partial charge in [-0.05, 0) is 36.0 Å². The molecule has 0 atom stereocenters.